The second-order valence-electron chi connectivity index (χ2n) is 4.82. The second-order valence-corrected chi connectivity index (χ2v) is 4.82. The van der Waals surface area contributed by atoms with Crippen LogP contribution in [0.25, 0.3) is 0 Å². The van der Waals surface area contributed by atoms with Crippen LogP contribution in [-0.2, 0) is 4.74 Å². The van der Waals surface area contributed by atoms with Crippen molar-refractivity contribution in [3.63, 3.8) is 0 Å². The molecular weight excluding hydrogens is 230 g/mol. The summed E-state index contributed by atoms with van der Waals surface area (Å²) in [6.07, 6.45) is 2.54. The van der Waals surface area contributed by atoms with Crippen LogP contribution in [0.15, 0.2) is 18.2 Å². The number of aryl methyl sites for hydroxylation is 1. The molecule has 0 spiro atoms. The standard InChI is InChI=1S/C14H19NO3/c1-10-8-11(14(16)17)5-6-13(10)15(2)9-12-4-3-7-18-12/h5-6,8,12H,3-4,7,9H2,1-2H3,(H,16,17). The average Bonchev–Trinajstić information content (AvgIpc) is 2.81. The first-order chi connectivity index (χ1) is 8.58. The topological polar surface area (TPSA) is 49.8 Å². The molecule has 1 fully saturated rings. The largest absolute Gasteiger partial charge is 0.478 e. The molecule has 0 radical (unpaired) electrons. The Bertz CT molecular complexity index is 439. The van der Waals surface area contributed by atoms with Gasteiger partial charge in [0, 0.05) is 25.9 Å². The van der Waals surface area contributed by atoms with Gasteiger partial charge in [-0.3, -0.25) is 0 Å². The third-order valence-corrected chi connectivity index (χ3v) is 3.36. The van der Waals surface area contributed by atoms with Crippen molar-refractivity contribution in [3.8, 4) is 0 Å². The van der Waals surface area contributed by atoms with Crippen LogP contribution in [0.4, 0.5) is 5.69 Å². The molecule has 1 atom stereocenters. The summed E-state index contributed by atoms with van der Waals surface area (Å²) < 4.78 is 5.61. The van der Waals surface area contributed by atoms with Gasteiger partial charge in [-0.1, -0.05) is 0 Å². The van der Waals surface area contributed by atoms with Crippen LogP contribution in [0.5, 0.6) is 0 Å². The quantitative estimate of drug-likeness (QED) is 0.889. The summed E-state index contributed by atoms with van der Waals surface area (Å²) >= 11 is 0. The summed E-state index contributed by atoms with van der Waals surface area (Å²) in [5.41, 5.74) is 2.38. The van der Waals surface area contributed by atoms with Gasteiger partial charge in [0.25, 0.3) is 0 Å². The van der Waals surface area contributed by atoms with Crippen LogP contribution in [-0.4, -0.2) is 37.4 Å². The van der Waals surface area contributed by atoms with E-state index in [-0.39, 0.29) is 0 Å². The molecule has 0 aliphatic carbocycles. The van der Waals surface area contributed by atoms with E-state index in [4.69, 9.17) is 9.84 Å². The number of nitrogens with zero attached hydrogens (tertiary/aromatic N) is 1. The maximum absolute atomic E-state index is 10.9. The van der Waals surface area contributed by atoms with Gasteiger partial charge in [0.2, 0.25) is 0 Å². The molecule has 0 aromatic heterocycles. The molecule has 2 rings (SSSR count). The van der Waals surface area contributed by atoms with Crippen molar-refractivity contribution in [2.45, 2.75) is 25.9 Å². The van der Waals surface area contributed by atoms with Gasteiger partial charge in [-0.25, -0.2) is 4.79 Å². The summed E-state index contributed by atoms with van der Waals surface area (Å²) in [4.78, 5) is 13.0. The van der Waals surface area contributed by atoms with E-state index in [9.17, 15) is 4.79 Å². The maximum Gasteiger partial charge on any atom is 0.335 e. The molecule has 18 heavy (non-hydrogen) atoms. The number of ether oxygens (including phenoxy) is 1. The fourth-order valence-corrected chi connectivity index (χ4v) is 2.41. The Hall–Kier alpha value is -1.55. The summed E-state index contributed by atoms with van der Waals surface area (Å²) in [6, 6.07) is 5.23. The Labute approximate surface area is 107 Å². The molecule has 4 heteroatoms. The highest BCUT2D eigenvalue weighted by molar-refractivity contribution is 5.88. The highest BCUT2D eigenvalue weighted by atomic mass is 16.5. The van der Waals surface area contributed by atoms with E-state index in [2.05, 4.69) is 4.90 Å². The van der Waals surface area contributed by atoms with Crippen LogP contribution in [0.2, 0.25) is 0 Å². The second kappa shape index (κ2) is 5.40. The van der Waals surface area contributed by atoms with Crippen LogP contribution in [0.1, 0.15) is 28.8 Å². The van der Waals surface area contributed by atoms with E-state index >= 15 is 0 Å². The maximum atomic E-state index is 10.9. The predicted molar refractivity (Wildman–Crippen MR) is 70.4 cm³/mol. The molecule has 1 aromatic carbocycles. The predicted octanol–water partition coefficient (Wildman–Crippen LogP) is 2.31. The van der Waals surface area contributed by atoms with Gasteiger partial charge in [-0.15, -0.1) is 0 Å². The van der Waals surface area contributed by atoms with Crippen molar-refractivity contribution >= 4 is 11.7 Å². The summed E-state index contributed by atoms with van der Waals surface area (Å²) in [7, 11) is 2.02. The highest BCUT2D eigenvalue weighted by Gasteiger charge is 2.18. The zero-order valence-corrected chi connectivity index (χ0v) is 10.8. The van der Waals surface area contributed by atoms with Gasteiger partial charge >= 0.3 is 5.97 Å². The number of rotatable bonds is 4. The van der Waals surface area contributed by atoms with Crippen molar-refractivity contribution in [1.29, 1.82) is 0 Å². The van der Waals surface area contributed by atoms with Crippen molar-refractivity contribution < 1.29 is 14.6 Å². The molecule has 1 saturated heterocycles. The van der Waals surface area contributed by atoms with E-state index in [0.29, 0.717) is 11.7 Å². The lowest BCUT2D eigenvalue weighted by atomic mass is 10.1. The molecule has 1 aromatic rings. The van der Waals surface area contributed by atoms with E-state index in [0.717, 1.165) is 37.2 Å². The lowest BCUT2D eigenvalue weighted by molar-refractivity contribution is 0.0696. The molecule has 1 N–H and O–H groups in total. The van der Waals surface area contributed by atoms with Crippen molar-refractivity contribution in [2.75, 3.05) is 25.1 Å². The fraction of sp³-hybridized carbons (Fsp3) is 0.500. The molecule has 1 heterocycles. The van der Waals surface area contributed by atoms with Gasteiger partial charge in [-0.2, -0.15) is 0 Å². The molecule has 0 saturated carbocycles. The minimum Gasteiger partial charge on any atom is -0.478 e. The van der Waals surface area contributed by atoms with Crippen molar-refractivity contribution in [1.82, 2.24) is 0 Å². The number of aromatic carboxylic acids is 1. The molecule has 4 nitrogen and oxygen atoms in total. The number of carbonyl (C=O) groups is 1. The van der Waals surface area contributed by atoms with Crippen LogP contribution >= 0.6 is 0 Å². The third kappa shape index (κ3) is 2.82. The summed E-state index contributed by atoms with van der Waals surface area (Å²) in [6.45, 7) is 3.65. The van der Waals surface area contributed by atoms with E-state index in [1.54, 1.807) is 12.1 Å². The molecule has 1 unspecified atom stereocenters. The lowest BCUT2D eigenvalue weighted by Gasteiger charge is -2.24. The summed E-state index contributed by atoms with van der Waals surface area (Å²) in [5, 5.41) is 8.93. The van der Waals surface area contributed by atoms with Gasteiger partial charge in [0.05, 0.1) is 11.7 Å². The first kappa shape index (κ1) is 12.9. The Morgan fingerprint density at radius 3 is 2.89 bits per heavy atom. The number of anilines is 1. The lowest BCUT2D eigenvalue weighted by Crippen LogP contribution is -2.29. The minimum atomic E-state index is -0.883. The Balaban J connectivity index is 2.09. The van der Waals surface area contributed by atoms with E-state index in [1.807, 2.05) is 20.0 Å². The molecule has 0 bridgehead atoms. The fourth-order valence-electron chi connectivity index (χ4n) is 2.41. The summed E-state index contributed by atoms with van der Waals surface area (Å²) in [5.74, 6) is -0.883. The number of likely N-dealkylation sites (N-methyl/N-ethyl adjacent to an activating group) is 1. The van der Waals surface area contributed by atoms with Crippen LogP contribution in [0, 0.1) is 6.92 Å². The van der Waals surface area contributed by atoms with Gasteiger partial charge in [0.1, 0.15) is 0 Å². The van der Waals surface area contributed by atoms with Crippen molar-refractivity contribution in [3.05, 3.63) is 29.3 Å². The number of benzene rings is 1. The molecule has 1 aliphatic heterocycles. The number of carboxylic acids is 1. The zero-order valence-electron chi connectivity index (χ0n) is 10.8. The molecule has 98 valence electrons. The average molecular weight is 249 g/mol. The van der Waals surface area contributed by atoms with Crippen LogP contribution < -0.4 is 4.90 Å². The molecule has 0 amide bonds. The smallest absolute Gasteiger partial charge is 0.335 e. The zero-order chi connectivity index (χ0) is 13.1. The highest BCUT2D eigenvalue weighted by Crippen LogP contribution is 2.22. The van der Waals surface area contributed by atoms with Gasteiger partial charge < -0.3 is 14.7 Å². The van der Waals surface area contributed by atoms with Crippen molar-refractivity contribution in [2.24, 2.45) is 0 Å². The molecule has 1 aliphatic rings. The van der Waals surface area contributed by atoms with Gasteiger partial charge in [-0.05, 0) is 43.5 Å². The normalized spacial score (nSPS) is 18.9. The first-order valence-electron chi connectivity index (χ1n) is 6.24. The first-order valence-corrected chi connectivity index (χ1v) is 6.24. The molecular formula is C14H19NO3. The van der Waals surface area contributed by atoms with E-state index in [1.165, 1.54) is 0 Å². The Kier molecular flexibility index (Phi) is 3.87. The van der Waals surface area contributed by atoms with Gasteiger partial charge in [0.15, 0.2) is 0 Å². The number of carboxylic acid groups (broad SMARTS) is 1. The minimum absolute atomic E-state index is 0.300. The Morgan fingerprint density at radius 1 is 1.56 bits per heavy atom. The van der Waals surface area contributed by atoms with E-state index < -0.39 is 5.97 Å². The SMILES string of the molecule is Cc1cc(C(=O)O)ccc1N(C)CC1CCCO1. The Morgan fingerprint density at radius 2 is 2.33 bits per heavy atom. The third-order valence-electron chi connectivity index (χ3n) is 3.36. The monoisotopic (exact) mass is 249 g/mol. The number of hydrogen-bond acceptors (Lipinski definition) is 3. The van der Waals surface area contributed by atoms with Crippen LogP contribution in [0.3, 0.4) is 0 Å². The number of hydrogen-bond donors (Lipinski definition) is 1.